The monoisotopic (exact) mass is 294 g/mol. The van der Waals surface area contributed by atoms with E-state index in [0.29, 0.717) is 18.0 Å². The van der Waals surface area contributed by atoms with Gasteiger partial charge in [0, 0.05) is 24.8 Å². The predicted molar refractivity (Wildman–Crippen MR) is 80.2 cm³/mol. The maximum atomic E-state index is 11.9. The molecule has 0 radical (unpaired) electrons. The molecule has 1 aromatic carbocycles. The molecule has 6 nitrogen and oxygen atoms in total. The third-order valence-electron chi connectivity index (χ3n) is 2.97. The third-order valence-corrected chi connectivity index (χ3v) is 2.97. The summed E-state index contributed by atoms with van der Waals surface area (Å²) in [5, 5.41) is 0. The number of hydrogen-bond acceptors (Lipinski definition) is 5. The van der Waals surface area contributed by atoms with Crippen LogP contribution in [-0.4, -0.2) is 43.1 Å². The molecule has 0 aliphatic heterocycles. The Morgan fingerprint density at radius 3 is 2.52 bits per heavy atom. The Bertz CT molecular complexity index is 514. The Hall–Kier alpha value is -2.24. The fraction of sp³-hybridized carbons (Fsp3) is 0.467. The summed E-state index contributed by atoms with van der Waals surface area (Å²) in [6.45, 7) is 5.77. The average molecular weight is 294 g/mol. The first-order valence-corrected chi connectivity index (χ1v) is 6.81. The van der Waals surface area contributed by atoms with E-state index in [1.54, 1.807) is 19.2 Å². The predicted octanol–water partition coefficient (Wildman–Crippen LogP) is 1.69. The number of nitrogen functional groups attached to an aromatic ring is 1. The van der Waals surface area contributed by atoms with Crippen molar-refractivity contribution in [2.75, 3.05) is 26.0 Å². The molecule has 0 heterocycles. The van der Waals surface area contributed by atoms with Crippen molar-refractivity contribution in [3.05, 3.63) is 23.8 Å². The molecule has 0 aliphatic carbocycles. The van der Waals surface area contributed by atoms with Crippen molar-refractivity contribution in [2.45, 2.75) is 26.8 Å². The third kappa shape index (κ3) is 4.98. The number of ether oxygens (including phenoxy) is 2. The van der Waals surface area contributed by atoms with Gasteiger partial charge in [-0.1, -0.05) is 0 Å². The summed E-state index contributed by atoms with van der Waals surface area (Å²) in [4.78, 5) is 25.2. The molecule has 0 aromatic heterocycles. The molecule has 0 saturated heterocycles. The Morgan fingerprint density at radius 2 is 1.95 bits per heavy atom. The van der Waals surface area contributed by atoms with Crippen molar-refractivity contribution >= 4 is 17.6 Å². The zero-order valence-corrected chi connectivity index (χ0v) is 12.9. The molecule has 0 unspecified atom stereocenters. The van der Waals surface area contributed by atoms with Gasteiger partial charge in [-0.05, 0) is 32.9 Å². The number of carbonyl (C=O) groups is 2. The topological polar surface area (TPSA) is 81.9 Å². The zero-order valence-electron chi connectivity index (χ0n) is 12.9. The summed E-state index contributed by atoms with van der Waals surface area (Å²) in [6, 6.07) is 4.70. The number of benzene rings is 1. The SMILES string of the molecule is CCOc1cc(N)cc(C(=O)OCC(=O)N(C)C(C)C)c1. The van der Waals surface area contributed by atoms with Gasteiger partial charge in [-0.15, -0.1) is 0 Å². The lowest BCUT2D eigenvalue weighted by atomic mass is 10.2. The van der Waals surface area contributed by atoms with E-state index >= 15 is 0 Å². The summed E-state index contributed by atoms with van der Waals surface area (Å²) in [6.07, 6.45) is 0. The minimum absolute atomic E-state index is 0.0492. The molecule has 0 bridgehead atoms. The van der Waals surface area contributed by atoms with Crippen molar-refractivity contribution < 1.29 is 19.1 Å². The van der Waals surface area contributed by atoms with E-state index in [2.05, 4.69) is 0 Å². The Balaban J connectivity index is 2.70. The molecule has 21 heavy (non-hydrogen) atoms. The van der Waals surface area contributed by atoms with Crippen molar-refractivity contribution in [1.29, 1.82) is 0 Å². The zero-order chi connectivity index (χ0) is 16.0. The highest BCUT2D eigenvalue weighted by Gasteiger charge is 2.16. The fourth-order valence-electron chi connectivity index (χ4n) is 1.59. The van der Waals surface area contributed by atoms with Crippen LogP contribution in [0, 0.1) is 0 Å². The number of anilines is 1. The second-order valence-corrected chi connectivity index (χ2v) is 4.90. The van der Waals surface area contributed by atoms with E-state index in [0.717, 1.165) is 0 Å². The van der Waals surface area contributed by atoms with Gasteiger partial charge in [-0.25, -0.2) is 4.79 Å². The van der Waals surface area contributed by atoms with Gasteiger partial charge in [0.2, 0.25) is 0 Å². The largest absolute Gasteiger partial charge is 0.494 e. The number of nitrogens with zero attached hydrogens (tertiary/aromatic N) is 1. The number of nitrogens with two attached hydrogens (primary N) is 1. The molecule has 6 heteroatoms. The van der Waals surface area contributed by atoms with Crippen LogP contribution >= 0.6 is 0 Å². The van der Waals surface area contributed by atoms with Crippen LogP contribution in [0.15, 0.2) is 18.2 Å². The minimum Gasteiger partial charge on any atom is -0.494 e. The minimum atomic E-state index is -0.603. The Labute approximate surface area is 124 Å². The van der Waals surface area contributed by atoms with Crippen LogP contribution in [-0.2, 0) is 9.53 Å². The highest BCUT2D eigenvalue weighted by atomic mass is 16.5. The summed E-state index contributed by atoms with van der Waals surface area (Å²) in [7, 11) is 1.66. The summed E-state index contributed by atoms with van der Waals surface area (Å²) >= 11 is 0. The lowest BCUT2D eigenvalue weighted by molar-refractivity contribution is -0.134. The molecule has 0 fully saturated rings. The number of amides is 1. The summed E-state index contributed by atoms with van der Waals surface area (Å²) in [5.74, 6) is -0.365. The molecule has 116 valence electrons. The second-order valence-electron chi connectivity index (χ2n) is 4.90. The highest BCUT2D eigenvalue weighted by Crippen LogP contribution is 2.19. The maximum absolute atomic E-state index is 11.9. The Kier molecular flexibility index (Phi) is 6.02. The van der Waals surface area contributed by atoms with E-state index < -0.39 is 5.97 Å². The van der Waals surface area contributed by atoms with Crippen LogP contribution in [0.5, 0.6) is 5.75 Å². The van der Waals surface area contributed by atoms with Crippen LogP contribution < -0.4 is 10.5 Å². The van der Waals surface area contributed by atoms with Gasteiger partial charge in [0.1, 0.15) is 5.75 Å². The van der Waals surface area contributed by atoms with E-state index in [-0.39, 0.29) is 24.1 Å². The maximum Gasteiger partial charge on any atom is 0.338 e. The molecule has 1 amide bonds. The number of likely N-dealkylation sites (N-methyl/N-ethyl adjacent to an activating group) is 1. The van der Waals surface area contributed by atoms with Crippen LogP contribution in [0.25, 0.3) is 0 Å². The van der Waals surface area contributed by atoms with Gasteiger partial charge < -0.3 is 20.1 Å². The van der Waals surface area contributed by atoms with Crippen LogP contribution in [0.3, 0.4) is 0 Å². The lowest BCUT2D eigenvalue weighted by Crippen LogP contribution is -2.36. The van der Waals surface area contributed by atoms with Gasteiger partial charge in [0.15, 0.2) is 6.61 Å². The van der Waals surface area contributed by atoms with Gasteiger partial charge in [-0.3, -0.25) is 4.79 Å². The van der Waals surface area contributed by atoms with Crippen LogP contribution in [0.2, 0.25) is 0 Å². The van der Waals surface area contributed by atoms with Crippen molar-refractivity contribution in [2.24, 2.45) is 0 Å². The van der Waals surface area contributed by atoms with Crippen molar-refractivity contribution in [3.63, 3.8) is 0 Å². The number of hydrogen-bond donors (Lipinski definition) is 1. The second kappa shape index (κ2) is 7.52. The summed E-state index contributed by atoms with van der Waals surface area (Å²) in [5.41, 5.74) is 6.37. The first kappa shape index (κ1) is 16.8. The first-order chi connectivity index (χ1) is 9.85. The lowest BCUT2D eigenvalue weighted by Gasteiger charge is -2.21. The molecular formula is C15H22N2O4. The van der Waals surface area contributed by atoms with Crippen LogP contribution in [0.4, 0.5) is 5.69 Å². The molecule has 0 aliphatic rings. The smallest absolute Gasteiger partial charge is 0.338 e. The fourth-order valence-corrected chi connectivity index (χ4v) is 1.59. The van der Waals surface area contributed by atoms with Gasteiger partial charge in [0.25, 0.3) is 5.91 Å². The van der Waals surface area contributed by atoms with Crippen molar-refractivity contribution in [3.8, 4) is 5.75 Å². The molecular weight excluding hydrogens is 272 g/mol. The number of rotatable bonds is 6. The molecule has 1 aromatic rings. The molecule has 0 saturated carbocycles. The standard InChI is InChI=1S/C15H22N2O4/c1-5-20-13-7-11(6-12(16)8-13)15(19)21-9-14(18)17(4)10(2)3/h6-8,10H,5,9,16H2,1-4H3. The highest BCUT2D eigenvalue weighted by molar-refractivity contribution is 5.92. The van der Waals surface area contributed by atoms with E-state index in [9.17, 15) is 9.59 Å². The van der Waals surface area contributed by atoms with Crippen LogP contribution in [0.1, 0.15) is 31.1 Å². The van der Waals surface area contributed by atoms with Gasteiger partial charge in [-0.2, -0.15) is 0 Å². The average Bonchev–Trinajstić information content (AvgIpc) is 2.43. The van der Waals surface area contributed by atoms with Gasteiger partial charge in [0.05, 0.1) is 12.2 Å². The summed E-state index contributed by atoms with van der Waals surface area (Å²) < 4.78 is 10.3. The quantitative estimate of drug-likeness (QED) is 0.638. The molecule has 2 N–H and O–H groups in total. The number of esters is 1. The molecule has 1 rings (SSSR count). The normalized spacial score (nSPS) is 10.3. The molecule has 0 atom stereocenters. The van der Waals surface area contributed by atoms with Crippen molar-refractivity contribution in [1.82, 2.24) is 4.90 Å². The van der Waals surface area contributed by atoms with E-state index in [1.165, 1.54) is 11.0 Å². The number of carbonyl (C=O) groups excluding carboxylic acids is 2. The van der Waals surface area contributed by atoms with E-state index in [4.69, 9.17) is 15.2 Å². The first-order valence-electron chi connectivity index (χ1n) is 6.81. The molecule has 0 spiro atoms. The van der Waals surface area contributed by atoms with Gasteiger partial charge >= 0.3 is 5.97 Å². The van der Waals surface area contributed by atoms with E-state index in [1.807, 2.05) is 20.8 Å². The Morgan fingerprint density at radius 1 is 1.29 bits per heavy atom.